The van der Waals surface area contributed by atoms with Crippen LogP contribution in [-0.2, 0) is 16.1 Å². The summed E-state index contributed by atoms with van der Waals surface area (Å²) in [5.41, 5.74) is 0.940. The van der Waals surface area contributed by atoms with Crippen molar-refractivity contribution in [2.24, 2.45) is 0 Å². The van der Waals surface area contributed by atoms with Crippen LogP contribution in [0.3, 0.4) is 0 Å². The van der Waals surface area contributed by atoms with Gasteiger partial charge in [0.2, 0.25) is 11.8 Å². The Hall–Kier alpha value is -2.02. The van der Waals surface area contributed by atoms with E-state index in [0.29, 0.717) is 6.54 Å². The molecule has 2 aliphatic rings. The molecule has 1 aromatic heterocycles. The van der Waals surface area contributed by atoms with Gasteiger partial charge < -0.3 is 9.80 Å². The van der Waals surface area contributed by atoms with Crippen molar-refractivity contribution in [2.45, 2.75) is 71.0 Å². The molecule has 3 heterocycles. The molecule has 0 aromatic carbocycles. The van der Waals surface area contributed by atoms with Crippen LogP contribution in [0.15, 0.2) is 18.7 Å². The van der Waals surface area contributed by atoms with Crippen LogP contribution in [0.2, 0.25) is 0 Å². The predicted octanol–water partition coefficient (Wildman–Crippen LogP) is 2.08. The third-order valence-electron chi connectivity index (χ3n) is 6.13. The van der Waals surface area contributed by atoms with Crippen molar-refractivity contribution in [2.75, 3.05) is 26.2 Å². The molecule has 1 aromatic rings. The lowest BCUT2D eigenvalue weighted by Gasteiger charge is -2.37. The fourth-order valence-corrected chi connectivity index (χ4v) is 4.58. The summed E-state index contributed by atoms with van der Waals surface area (Å²) in [6.07, 6.45) is 11.0. The lowest BCUT2D eigenvalue weighted by molar-refractivity contribution is -0.138. The second-order valence-corrected chi connectivity index (χ2v) is 7.94. The van der Waals surface area contributed by atoms with E-state index in [4.69, 9.17) is 0 Å². The second kappa shape index (κ2) is 9.96. The summed E-state index contributed by atoms with van der Waals surface area (Å²) in [6, 6.07) is 0.199. The standard InChI is InChI=1S/C21H33N5O2/c1-3-24-10-5-4-8-20(24)21(28)25-11-6-7-19(9-12-25)26(17(2)27)15-18-13-22-16-23-14-18/h13-14,16,19-20H,3-12,15H2,1-2H3/t19-,20-/m1/s1. The molecule has 0 spiro atoms. The van der Waals surface area contributed by atoms with Crippen LogP contribution in [0.4, 0.5) is 0 Å². The zero-order valence-electron chi connectivity index (χ0n) is 17.2. The van der Waals surface area contributed by atoms with E-state index in [1.807, 2.05) is 9.80 Å². The summed E-state index contributed by atoms with van der Waals surface area (Å²) in [6.45, 7) is 7.78. The number of likely N-dealkylation sites (tertiary alicyclic amines) is 2. The molecule has 7 nitrogen and oxygen atoms in total. The molecule has 0 radical (unpaired) electrons. The Bertz CT molecular complexity index is 653. The van der Waals surface area contributed by atoms with Gasteiger partial charge in [0.1, 0.15) is 6.33 Å². The molecule has 2 fully saturated rings. The molecule has 0 saturated carbocycles. The first-order valence-electron chi connectivity index (χ1n) is 10.6. The van der Waals surface area contributed by atoms with Crippen molar-refractivity contribution in [3.05, 3.63) is 24.3 Å². The van der Waals surface area contributed by atoms with Crippen molar-refractivity contribution in [1.82, 2.24) is 24.7 Å². The molecule has 0 bridgehead atoms. The number of rotatable bonds is 5. The van der Waals surface area contributed by atoms with Crippen LogP contribution in [0.1, 0.15) is 57.9 Å². The van der Waals surface area contributed by atoms with Gasteiger partial charge in [-0.15, -0.1) is 0 Å². The first-order valence-corrected chi connectivity index (χ1v) is 10.6. The van der Waals surface area contributed by atoms with E-state index in [-0.39, 0.29) is 23.9 Å². The molecule has 28 heavy (non-hydrogen) atoms. The van der Waals surface area contributed by atoms with Crippen LogP contribution in [0.25, 0.3) is 0 Å². The summed E-state index contributed by atoms with van der Waals surface area (Å²) >= 11 is 0. The van der Waals surface area contributed by atoms with Crippen LogP contribution in [0, 0.1) is 0 Å². The number of amides is 2. The van der Waals surface area contributed by atoms with E-state index in [2.05, 4.69) is 21.8 Å². The van der Waals surface area contributed by atoms with Gasteiger partial charge in [-0.3, -0.25) is 14.5 Å². The van der Waals surface area contributed by atoms with Gasteiger partial charge in [-0.25, -0.2) is 9.97 Å². The Morgan fingerprint density at radius 2 is 1.86 bits per heavy atom. The van der Waals surface area contributed by atoms with E-state index in [0.717, 1.165) is 63.8 Å². The van der Waals surface area contributed by atoms with Gasteiger partial charge in [0, 0.05) is 50.6 Å². The minimum Gasteiger partial charge on any atom is -0.341 e. The Labute approximate surface area is 168 Å². The van der Waals surface area contributed by atoms with Crippen molar-refractivity contribution in [3.63, 3.8) is 0 Å². The summed E-state index contributed by atoms with van der Waals surface area (Å²) in [7, 11) is 0. The summed E-state index contributed by atoms with van der Waals surface area (Å²) < 4.78 is 0. The van der Waals surface area contributed by atoms with Crippen LogP contribution < -0.4 is 0 Å². The molecule has 154 valence electrons. The number of hydrogen-bond acceptors (Lipinski definition) is 5. The van der Waals surface area contributed by atoms with Crippen LogP contribution in [-0.4, -0.2) is 74.7 Å². The maximum absolute atomic E-state index is 13.2. The number of hydrogen-bond donors (Lipinski definition) is 0. The molecule has 2 atom stereocenters. The lowest BCUT2D eigenvalue weighted by Crippen LogP contribution is -2.51. The minimum atomic E-state index is 0.0423. The summed E-state index contributed by atoms with van der Waals surface area (Å²) in [4.78, 5) is 39.9. The maximum Gasteiger partial charge on any atom is 0.239 e. The van der Waals surface area contributed by atoms with Crippen LogP contribution >= 0.6 is 0 Å². The lowest BCUT2D eigenvalue weighted by atomic mass is 10.0. The van der Waals surface area contributed by atoms with Gasteiger partial charge in [-0.05, 0) is 45.2 Å². The maximum atomic E-state index is 13.2. The first-order chi connectivity index (χ1) is 13.6. The van der Waals surface area contributed by atoms with E-state index >= 15 is 0 Å². The van der Waals surface area contributed by atoms with Crippen LogP contribution in [0.5, 0.6) is 0 Å². The van der Waals surface area contributed by atoms with Crippen molar-refractivity contribution in [1.29, 1.82) is 0 Å². The zero-order chi connectivity index (χ0) is 19.9. The molecule has 3 rings (SSSR count). The first kappa shape index (κ1) is 20.7. The molecule has 7 heteroatoms. The number of likely N-dealkylation sites (N-methyl/N-ethyl adjacent to an activating group) is 1. The fourth-order valence-electron chi connectivity index (χ4n) is 4.58. The van der Waals surface area contributed by atoms with E-state index in [1.165, 1.54) is 12.7 Å². The Kier molecular flexibility index (Phi) is 7.36. The highest BCUT2D eigenvalue weighted by atomic mass is 16.2. The van der Waals surface area contributed by atoms with Gasteiger partial charge in [0.05, 0.1) is 6.04 Å². The minimum absolute atomic E-state index is 0.0423. The number of aromatic nitrogens is 2. The normalized spacial score (nSPS) is 23.9. The Morgan fingerprint density at radius 1 is 1.07 bits per heavy atom. The summed E-state index contributed by atoms with van der Waals surface area (Å²) in [5.74, 6) is 0.353. The van der Waals surface area contributed by atoms with E-state index < -0.39 is 0 Å². The zero-order valence-corrected chi connectivity index (χ0v) is 17.2. The molecule has 0 aliphatic carbocycles. The largest absolute Gasteiger partial charge is 0.341 e. The molecule has 2 amide bonds. The summed E-state index contributed by atoms with van der Waals surface area (Å²) in [5, 5.41) is 0. The van der Waals surface area contributed by atoms with Gasteiger partial charge in [-0.1, -0.05) is 13.3 Å². The van der Waals surface area contributed by atoms with E-state index in [1.54, 1.807) is 19.3 Å². The van der Waals surface area contributed by atoms with Crippen molar-refractivity contribution in [3.8, 4) is 0 Å². The van der Waals surface area contributed by atoms with Gasteiger partial charge in [0.15, 0.2) is 0 Å². The third-order valence-corrected chi connectivity index (χ3v) is 6.13. The Morgan fingerprint density at radius 3 is 2.57 bits per heavy atom. The topological polar surface area (TPSA) is 69.6 Å². The number of nitrogens with zero attached hydrogens (tertiary/aromatic N) is 5. The predicted molar refractivity (Wildman–Crippen MR) is 107 cm³/mol. The molecular weight excluding hydrogens is 354 g/mol. The highest BCUT2D eigenvalue weighted by Gasteiger charge is 2.33. The number of piperidine rings is 1. The quantitative estimate of drug-likeness (QED) is 0.774. The monoisotopic (exact) mass is 387 g/mol. The fraction of sp³-hybridized carbons (Fsp3) is 0.714. The average molecular weight is 388 g/mol. The number of carbonyl (C=O) groups excluding carboxylic acids is 2. The second-order valence-electron chi connectivity index (χ2n) is 7.94. The Balaban J connectivity index is 1.62. The SMILES string of the molecule is CCN1CCCC[C@@H]1C(=O)N1CCC[C@@H](N(Cc2cncnc2)C(C)=O)CC1. The smallest absolute Gasteiger partial charge is 0.239 e. The molecule has 0 N–H and O–H groups in total. The van der Waals surface area contributed by atoms with Gasteiger partial charge >= 0.3 is 0 Å². The van der Waals surface area contributed by atoms with Crippen molar-refractivity contribution < 1.29 is 9.59 Å². The van der Waals surface area contributed by atoms with Gasteiger partial charge in [-0.2, -0.15) is 0 Å². The van der Waals surface area contributed by atoms with E-state index in [9.17, 15) is 9.59 Å². The van der Waals surface area contributed by atoms with Gasteiger partial charge in [0.25, 0.3) is 0 Å². The number of carbonyl (C=O) groups is 2. The van der Waals surface area contributed by atoms with Crippen molar-refractivity contribution >= 4 is 11.8 Å². The molecule has 2 saturated heterocycles. The molecular formula is C21H33N5O2. The highest BCUT2D eigenvalue weighted by Crippen LogP contribution is 2.23. The molecule has 0 unspecified atom stereocenters. The average Bonchev–Trinajstić information content (AvgIpc) is 2.98. The molecule has 2 aliphatic heterocycles. The highest BCUT2D eigenvalue weighted by molar-refractivity contribution is 5.82. The third kappa shape index (κ3) is 5.07.